The average Bonchev–Trinajstić information content (AvgIpc) is 2.44. The maximum atomic E-state index is 10.8. The van der Waals surface area contributed by atoms with Crippen LogP contribution in [0.25, 0.3) is 10.4 Å². The van der Waals surface area contributed by atoms with Gasteiger partial charge < -0.3 is 5.73 Å². The number of nitrogens with zero attached hydrogens (tertiary/aromatic N) is 3. The Balaban J connectivity index is 3.37. The third-order valence-corrected chi connectivity index (χ3v) is 3.79. The molecule has 0 aliphatic carbocycles. The van der Waals surface area contributed by atoms with Gasteiger partial charge in [0.25, 0.3) is 0 Å². The van der Waals surface area contributed by atoms with E-state index in [2.05, 4.69) is 16.9 Å². The summed E-state index contributed by atoms with van der Waals surface area (Å²) in [5, 5.41) is 3.63. The van der Waals surface area contributed by atoms with E-state index in [1.165, 1.54) is 57.8 Å². The van der Waals surface area contributed by atoms with Crippen LogP contribution in [0.1, 0.15) is 90.4 Å². The van der Waals surface area contributed by atoms with Crippen LogP contribution in [0.4, 0.5) is 0 Å². The number of primary amides is 1. The smallest absolute Gasteiger partial charge is 0.217 e. The highest BCUT2D eigenvalue weighted by Crippen LogP contribution is 2.14. The summed E-state index contributed by atoms with van der Waals surface area (Å²) in [5.41, 5.74) is 13.6. The number of rotatable bonds is 15. The highest BCUT2D eigenvalue weighted by molar-refractivity contribution is 5.74. The number of unbranched alkanes of at least 4 members (excludes halogenated alkanes) is 10. The van der Waals surface area contributed by atoms with Crippen LogP contribution in [-0.4, -0.2) is 11.9 Å². The fourth-order valence-corrected chi connectivity index (χ4v) is 2.55. The van der Waals surface area contributed by atoms with Crippen LogP contribution in [0.15, 0.2) is 5.11 Å². The van der Waals surface area contributed by atoms with Gasteiger partial charge in [-0.1, -0.05) is 82.7 Å². The highest BCUT2D eigenvalue weighted by Gasteiger charge is 2.09. The van der Waals surface area contributed by atoms with Crippen LogP contribution in [0.2, 0.25) is 0 Å². The van der Waals surface area contributed by atoms with E-state index in [0.717, 1.165) is 19.3 Å². The third-order valence-electron chi connectivity index (χ3n) is 3.79. The molecule has 0 heterocycles. The lowest BCUT2D eigenvalue weighted by atomic mass is 10.0. The molecule has 0 saturated carbocycles. The van der Waals surface area contributed by atoms with E-state index < -0.39 is 5.91 Å². The second-order valence-electron chi connectivity index (χ2n) is 5.85. The maximum Gasteiger partial charge on any atom is 0.217 e. The van der Waals surface area contributed by atoms with Crippen molar-refractivity contribution in [2.24, 2.45) is 10.8 Å². The van der Waals surface area contributed by atoms with Gasteiger partial charge in [0.1, 0.15) is 0 Å². The Morgan fingerprint density at radius 3 is 1.90 bits per heavy atom. The summed E-state index contributed by atoms with van der Waals surface area (Å²) in [4.78, 5) is 13.6. The first kappa shape index (κ1) is 19.8. The summed E-state index contributed by atoms with van der Waals surface area (Å²) in [6, 6.07) is -0.258. The summed E-state index contributed by atoms with van der Waals surface area (Å²) in [6.07, 6.45) is 15.1. The van der Waals surface area contributed by atoms with Crippen LogP contribution in [0, 0.1) is 0 Å². The van der Waals surface area contributed by atoms with Gasteiger partial charge in [-0.15, -0.1) is 0 Å². The first-order valence-electron chi connectivity index (χ1n) is 8.53. The molecule has 0 aromatic carbocycles. The Kier molecular flexibility index (Phi) is 14.3. The molecule has 0 aromatic heterocycles. The molecule has 1 unspecified atom stereocenters. The highest BCUT2D eigenvalue weighted by atomic mass is 16.1. The van der Waals surface area contributed by atoms with E-state index in [9.17, 15) is 4.79 Å². The zero-order chi connectivity index (χ0) is 15.8. The van der Waals surface area contributed by atoms with E-state index in [1.54, 1.807) is 0 Å². The number of nitrogens with two attached hydrogens (primary N) is 1. The Morgan fingerprint density at radius 2 is 1.48 bits per heavy atom. The molecule has 21 heavy (non-hydrogen) atoms. The summed E-state index contributed by atoms with van der Waals surface area (Å²) in [5.74, 6) is -0.393. The van der Waals surface area contributed by atoms with Gasteiger partial charge in [-0.2, -0.15) is 0 Å². The van der Waals surface area contributed by atoms with Gasteiger partial charge in [0, 0.05) is 17.4 Å². The van der Waals surface area contributed by atoms with Crippen LogP contribution in [0.5, 0.6) is 0 Å². The molecule has 2 N–H and O–H groups in total. The average molecular weight is 296 g/mol. The van der Waals surface area contributed by atoms with E-state index in [4.69, 9.17) is 11.3 Å². The molecular formula is C16H32N4O. The van der Waals surface area contributed by atoms with E-state index in [1.807, 2.05) is 0 Å². The Morgan fingerprint density at radius 1 is 1.00 bits per heavy atom. The van der Waals surface area contributed by atoms with Crippen molar-refractivity contribution in [3.05, 3.63) is 10.4 Å². The SMILES string of the molecule is CCCCCCCCCCCCCC(CC(N)=O)N=[N+]=[N-]. The lowest BCUT2D eigenvalue weighted by Gasteiger charge is -2.08. The van der Waals surface area contributed by atoms with Crippen molar-refractivity contribution in [2.45, 2.75) is 96.4 Å². The molecule has 0 aliphatic heterocycles. The molecule has 5 heteroatoms. The predicted molar refractivity (Wildman–Crippen MR) is 87.8 cm³/mol. The van der Waals surface area contributed by atoms with Crippen molar-refractivity contribution in [3.8, 4) is 0 Å². The Bertz CT molecular complexity index is 301. The lowest BCUT2D eigenvalue weighted by molar-refractivity contribution is -0.118. The van der Waals surface area contributed by atoms with Gasteiger partial charge in [-0.25, -0.2) is 0 Å². The van der Waals surface area contributed by atoms with Crippen molar-refractivity contribution < 1.29 is 4.79 Å². The van der Waals surface area contributed by atoms with Crippen LogP contribution in [-0.2, 0) is 4.79 Å². The third kappa shape index (κ3) is 15.0. The maximum absolute atomic E-state index is 10.8. The van der Waals surface area contributed by atoms with E-state index in [-0.39, 0.29) is 12.5 Å². The second-order valence-corrected chi connectivity index (χ2v) is 5.85. The van der Waals surface area contributed by atoms with Gasteiger partial charge in [0.2, 0.25) is 5.91 Å². The molecule has 1 atom stereocenters. The molecule has 1 amide bonds. The normalized spacial score (nSPS) is 11.9. The summed E-state index contributed by atoms with van der Waals surface area (Å²) < 4.78 is 0. The summed E-state index contributed by atoms with van der Waals surface area (Å²) >= 11 is 0. The van der Waals surface area contributed by atoms with Gasteiger partial charge in [0.05, 0.1) is 0 Å². The fraction of sp³-hybridized carbons (Fsp3) is 0.938. The van der Waals surface area contributed by atoms with Crippen molar-refractivity contribution in [1.82, 2.24) is 0 Å². The number of carbonyl (C=O) groups excluding carboxylic acids is 1. The molecule has 0 radical (unpaired) electrons. The largest absolute Gasteiger partial charge is 0.370 e. The molecule has 0 spiro atoms. The molecule has 0 aromatic rings. The van der Waals surface area contributed by atoms with E-state index in [0.29, 0.717) is 0 Å². The minimum absolute atomic E-state index is 0.168. The summed E-state index contributed by atoms with van der Waals surface area (Å²) in [6.45, 7) is 2.25. The minimum Gasteiger partial charge on any atom is -0.370 e. The first-order chi connectivity index (χ1) is 10.2. The number of amides is 1. The molecule has 0 rings (SSSR count). The summed E-state index contributed by atoms with van der Waals surface area (Å²) in [7, 11) is 0. The zero-order valence-electron chi connectivity index (χ0n) is 13.6. The minimum atomic E-state index is -0.393. The van der Waals surface area contributed by atoms with Crippen LogP contribution >= 0.6 is 0 Å². The van der Waals surface area contributed by atoms with Gasteiger partial charge in [-0.3, -0.25) is 4.79 Å². The van der Waals surface area contributed by atoms with Crippen molar-refractivity contribution in [3.63, 3.8) is 0 Å². The molecule has 0 saturated heterocycles. The fourth-order valence-electron chi connectivity index (χ4n) is 2.55. The zero-order valence-corrected chi connectivity index (χ0v) is 13.6. The van der Waals surface area contributed by atoms with Gasteiger partial charge in [-0.05, 0) is 12.0 Å². The lowest BCUT2D eigenvalue weighted by Crippen LogP contribution is -2.18. The standard InChI is InChI=1S/C16H32N4O/c1-2-3-4-5-6-7-8-9-10-11-12-13-15(19-20-18)14-16(17)21/h15H,2-14H2,1H3,(H2,17,21). The predicted octanol–water partition coefficient (Wildman–Crippen LogP) is 5.24. The molecule has 0 aliphatic rings. The van der Waals surface area contributed by atoms with Crippen molar-refractivity contribution >= 4 is 5.91 Å². The molecule has 122 valence electrons. The van der Waals surface area contributed by atoms with Crippen LogP contribution in [0.3, 0.4) is 0 Å². The van der Waals surface area contributed by atoms with Crippen molar-refractivity contribution in [2.75, 3.05) is 0 Å². The van der Waals surface area contributed by atoms with Gasteiger partial charge in [0.15, 0.2) is 0 Å². The molecule has 0 bridgehead atoms. The number of hydrogen-bond acceptors (Lipinski definition) is 2. The Labute approximate surface area is 129 Å². The van der Waals surface area contributed by atoms with Crippen LogP contribution < -0.4 is 5.73 Å². The van der Waals surface area contributed by atoms with E-state index >= 15 is 0 Å². The molecule has 0 fully saturated rings. The number of carbonyl (C=O) groups is 1. The monoisotopic (exact) mass is 296 g/mol. The second kappa shape index (κ2) is 15.2. The number of hydrogen-bond donors (Lipinski definition) is 1. The first-order valence-corrected chi connectivity index (χ1v) is 8.53. The van der Waals surface area contributed by atoms with Crippen molar-refractivity contribution in [1.29, 1.82) is 0 Å². The topological polar surface area (TPSA) is 91.9 Å². The number of azide groups is 1. The molecular weight excluding hydrogens is 264 g/mol. The quantitative estimate of drug-likeness (QED) is 0.190. The van der Waals surface area contributed by atoms with Gasteiger partial charge >= 0.3 is 0 Å². The Hall–Kier alpha value is -1.22. The molecule has 5 nitrogen and oxygen atoms in total.